The van der Waals surface area contributed by atoms with Crippen molar-refractivity contribution in [3.63, 3.8) is 0 Å². The molecule has 0 unspecified atom stereocenters. The number of furan rings is 1. The maximum atomic E-state index is 8.00. The lowest BCUT2D eigenvalue weighted by molar-refractivity contribution is -0.660. The van der Waals surface area contributed by atoms with E-state index in [0.717, 1.165) is 85.9 Å². The highest BCUT2D eigenvalue weighted by Gasteiger charge is 2.44. The van der Waals surface area contributed by atoms with Crippen molar-refractivity contribution >= 4 is 75.6 Å². The van der Waals surface area contributed by atoms with E-state index < -0.39 is 27.4 Å². The van der Waals surface area contributed by atoms with Crippen molar-refractivity contribution in [3.05, 3.63) is 301 Å². The smallest absolute Gasteiger partial charge is 0.259 e. The van der Waals surface area contributed by atoms with Gasteiger partial charge in [0.15, 0.2) is 30.4 Å². The van der Waals surface area contributed by atoms with Crippen LogP contribution < -0.4 is 18.3 Å². The number of nitrogens with zero attached hydrogens (tertiary/aromatic N) is 5. The van der Waals surface area contributed by atoms with E-state index >= 15 is 0 Å². The zero-order chi connectivity index (χ0) is 78.6. The van der Waals surface area contributed by atoms with Gasteiger partial charge in [-0.25, -0.2) is 4.57 Å². The van der Waals surface area contributed by atoms with Gasteiger partial charge in [-0.2, -0.15) is 13.7 Å². The van der Waals surface area contributed by atoms with Crippen LogP contribution >= 0.6 is 11.3 Å². The third kappa shape index (κ3) is 9.26. The summed E-state index contributed by atoms with van der Waals surface area (Å²) < 4.78 is 112. The summed E-state index contributed by atoms with van der Waals surface area (Å²) in [6, 6.07) is 61.0. The Balaban J connectivity index is 0.000000105. The largest absolute Gasteiger partial charge is 0.449 e. The molecular weight excluding hydrogens is 1240 g/mol. The van der Waals surface area contributed by atoms with E-state index in [1.807, 2.05) is 82.9 Å². The fourth-order valence-electron chi connectivity index (χ4n) is 18.1. The summed E-state index contributed by atoms with van der Waals surface area (Å²) in [5.74, 6) is 0. The topological polar surface area (TPSA) is 33.6 Å². The van der Waals surface area contributed by atoms with Gasteiger partial charge in [-0.1, -0.05) is 129 Å². The Kier molecular flexibility index (Phi) is 11.3. The van der Waals surface area contributed by atoms with E-state index in [0.29, 0.717) is 27.8 Å². The Hall–Kier alpha value is -10.6. The molecule has 0 saturated carbocycles. The molecule has 0 atom stereocenters. The fourth-order valence-corrected chi connectivity index (χ4v) is 19.4. The van der Waals surface area contributed by atoms with E-state index in [2.05, 4.69) is 180 Å². The molecule has 0 bridgehead atoms. The van der Waals surface area contributed by atoms with Crippen LogP contribution in [0.5, 0.6) is 0 Å². The Morgan fingerprint density at radius 3 is 1.54 bits per heavy atom. The average Bonchev–Trinajstić information content (AvgIpc) is 1.55. The second-order valence-corrected chi connectivity index (χ2v) is 29.9. The normalized spacial score (nSPS) is 15.7. The van der Waals surface area contributed by atoms with Crippen molar-refractivity contribution in [3.8, 4) is 61.5 Å². The van der Waals surface area contributed by atoms with Crippen molar-refractivity contribution in [2.24, 2.45) is 28.2 Å². The van der Waals surface area contributed by atoms with Gasteiger partial charge in [-0.05, 0) is 258 Å². The van der Waals surface area contributed by atoms with Crippen LogP contribution in [0, 0.1) is 55.1 Å². The number of aromatic nitrogens is 5. The minimum absolute atomic E-state index is 0.235. The molecule has 7 heterocycles. The molecular formula is C93H83N5OS+4. The summed E-state index contributed by atoms with van der Waals surface area (Å²) in [7, 11) is 7.76. The van der Waals surface area contributed by atoms with Gasteiger partial charge in [0.25, 0.3) is 5.52 Å². The van der Waals surface area contributed by atoms with Gasteiger partial charge in [0.1, 0.15) is 44.0 Å². The number of fused-ring (bicyclic) bond motifs is 24. The third-order valence-electron chi connectivity index (χ3n) is 22.4. The standard InChI is InChI=1S/C27H23N2.C24H24N.C21H18NO.C21H18NS/c1-17-13-25-27(28(3)16-17)26-18(2)22-14-19-9-7-8-12-21(19)23(22)15-24(26)29(25)20-10-5-4-6-11-20;1-14-10-21-23(25(5)13-14)22-15(2)18-11-16-8-6-7-9-17(16)19(18)12-20(22)24(21,3)4;2*1-12-8-18-21(22(3)11-12)20-13(2)19-15(10-17(20)23-18)9-14-6-4-5-7-16(14)19/h4-13,15-16H,14H2,1-3H3;6-10,12-13H,11H2,1-5H3;2*4-8,10-11H,9H2,1-3H3/q4*+1/i4*1D3. The molecule has 6 nitrogen and oxygen atoms in total. The molecule has 0 spiro atoms. The molecule has 0 saturated heterocycles. The van der Waals surface area contributed by atoms with Gasteiger partial charge in [0.2, 0.25) is 16.7 Å². The molecule has 7 aromatic heterocycles. The van der Waals surface area contributed by atoms with Crippen LogP contribution in [0.1, 0.15) is 130 Å². The van der Waals surface area contributed by atoms with Gasteiger partial charge in [-0.15, -0.1) is 11.3 Å². The highest BCUT2D eigenvalue weighted by Crippen LogP contribution is 2.54. The number of para-hydroxylation sites is 1. The number of hydrogen-bond acceptors (Lipinski definition) is 2. The lowest BCUT2D eigenvalue weighted by atomic mass is 9.80. The molecule has 21 rings (SSSR count). The first-order chi connectivity index (χ1) is 53.1. The molecule has 100 heavy (non-hydrogen) atoms. The minimum Gasteiger partial charge on any atom is -0.449 e. The Morgan fingerprint density at radius 1 is 0.390 bits per heavy atom. The first kappa shape index (κ1) is 49.8. The van der Waals surface area contributed by atoms with Gasteiger partial charge < -0.3 is 8.98 Å². The number of pyridine rings is 4. The molecule has 5 aliphatic carbocycles. The number of hydrogen-bond donors (Lipinski definition) is 0. The predicted molar refractivity (Wildman–Crippen MR) is 413 cm³/mol. The zero-order valence-corrected chi connectivity index (χ0v) is 58.8. The number of rotatable bonds is 1. The minimum atomic E-state index is -2.17. The fraction of sp³-hybridized carbons (Fsp3) is 0.204. The third-order valence-corrected chi connectivity index (χ3v) is 23.5. The number of thiophene rings is 1. The second-order valence-electron chi connectivity index (χ2n) is 28.8. The van der Waals surface area contributed by atoms with Crippen molar-refractivity contribution in [2.75, 3.05) is 0 Å². The molecule has 488 valence electrons. The Morgan fingerprint density at radius 2 is 0.900 bits per heavy atom. The SMILES string of the molecule is [2H]C([2H])([2H])c1cc2c([n+](C)c1)-c1c(cc3c(c1C)Cc1ccccc1-3)C2(C)C.[2H]C([2H])([2H])c1cc2c(c3c(C)c4c(cc3n2-c2ccccc2)-c2ccccc2C4)[n+](C)c1.[2H]C([2H])([2H])c1cc2oc3cc4c(c(C)c3c2[n+](C)c1)-c1ccccc1C4.[2H]C([2H])([2H])c1cc2sc3cc4c(c(C)c3c2[n+](C)c1)-c1ccccc1C4. The predicted octanol–water partition coefficient (Wildman–Crippen LogP) is 20.5. The van der Waals surface area contributed by atoms with Crippen LogP contribution in [0.25, 0.3) is 126 Å². The van der Waals surface area contributed by atoms with Crippen LogP contribution in [-0.4, -0.2) is 4.57 Å². The van der Waals surface area contributed by atoms with Gasteiger partial charge in [0.05, 0.1) is 27.2 Å². The summed E-state index contributed by atoms with van der Waals surface area (Å²) in [4.78, 5) is 0. The van der Waals surface area contributed by atoms with Crippen LogP contribution in [0.4, 0.5) is 0 Å². The summed E-state index contributed by atoms with van der Waals surface area (Å²) >= 11 is 1.69. The van der Waals surface area contributed by atoms with E-state index in [-0.39, 0.29) is 5.41 Å². The van der Waals surface area contributed by atoms with Crippen LogP contribution in [0.15, 0.2) is 205 Å². The Bertz CT molecular complexity index is 6570. The summed E-state index contributed by atoms with van der Waals surface area (Å²) in [5, 5.41) is 3.50. The first-order valence-electron chi connectivity index (χ1n) is 40.5. The maximum Gasteiger partial charge on any atom is 0.259 e. The van der Waals surface area contributed by atoms with Crippen molar-refractivity contribution in [1.29, 1.82) is 0 Å². The molecule has 0 radical (unpaired) electrons. The second kappa shape index (κ2) is 22.7. The zero-order valence-electron chi connectivity index (χ0n) is 69.9. The van der Waals surface area contributed by atoms with E-state index in [1.165, 1.54) is 138 Å². The molecule has 16 aromatic rings. The van der Waals surface area contributed by atoms with Crippen molar-refractivity contribution in [1.82, 2.24) is 4.57 Å². The first-order valence-corrected chi connectivity index (χ1v) is 35.3. The molecule has 0 amide bonds. The molecule has 0 aliphatic heterocycles. The van der Waals surface area contributed by atoms with Crippen LogP contribution in [-0.2, 0) is 59.3 Å². The maximum absolute atomic E-state index is 8.00. The summed E-state index contributed by atoms with van der Waals surface area (Å²) in [6.45, 7) is 4.70. The number of benzene rings is 9. The molecule has 0 N–H and O–H groups in total. The summed E-state index contributed by atoms with van der Waals surface area (Å²) in [5.41, 5.74) is 40.2. The van der Waals surface area contributed by atoms with Crippen molar-refractivity contribution < 1.29 is 39.1 Å². The molecule has 5 aliphatic rings. The Labute approximate surface area is 606 Å². The quantitative estimate of drug-likeness (QED) is 0.151. The van der Waals surface area contributed by atoms with Crippen LogP contribution in [0.3, 0.4) is 0 Å². The molecule has 0 fully saturated rings. The van der Waals surface area contributed by atoms with E-state index in [4.69, 9.17) is 20.9 Å². The van der Waals surface area contributed by atoms with Crippen LogP contribution in [0.2, 0.25) is 0 Å². The summed E-state index contributed by atoms with van der Waals surface area (Å²) in [6.07, 6.45) is 10.8. The molecule has 9 aromatic carbocycles. The lowest BCUT2D eigenvalue weighted by Gasteiger charge is -2.21. The van der Waals surface area contributed by atoms with E-state index in [9.17, 15) is 0 Å². The lowest BCUT2D eigenvalue weighted by Crippen LogP contribution is -2.32. The highest BCUT2D eigenvalue weighted by atomic mass is 32.1. The van der Waals surface area contributed by atoms with E-state index in [1.54, 1.807) is 42.2 Å². The van der Waals surface area contributed by atoms with Gasteiger partial charge in [-0.3, -0.25) is 0 Å². The van der Waals surface area contributed by atoms with Gasteiger partial charge >= 0.3 is 0 Å². The van der Waals surface area contributed by atoms with Crippen molar-refractivity contribution in [2.45, 2.75) is 100 Å². The highest BCUT2D eigenvalue weighted by molar-refractivity contribution is 7.25. The van der Waals surface area contributed by atoms with Gasteiger partial charge in [0, 0.05) is 60.1 Å². The molecule has 7 heteroatoms. The average molecular weight is 1330 g/mol. The number of aryl methyl sites for hydroxylation is 11. The monoisotopic (exact) mass is 1330 g/mol.